The molecule has 0 bridgehead atoms. The minimum atomic E-state index is -0.804. The Morgan fingerprint density at radius 3 is 2.69 bits per heavy atom. The molecule has 0 aromatic rings. The summed E-state index contributed by atoms with van der Waals surface area (Å²) in [5.41, 5.74) is 0. The second-order valence-corrected chi connectivity index (χ2v) is 7.33. The molecule has 0 radical (unpaired) electrons. The van der Waals surface area contributed by atoms with Crippen molar-refractivity contribution >= 4 is 11.8 Å². The first-order valence-electron chi connectivity index (χ1n) is 9.89. The highest BCUT2D eigenvalue weighted by Crippen LogP contribution is 2.37. The van der Waals surface area contributed by atoms with Crippen molar-refractivity contribution in [1.29, 1.82) is 0 Å². The number of ketones is 1. The van der Waals surface area contributed by atoms with E-state index in [2.05, 4.69) is 12.1 Å². The molecule has 0 aliphatic heterocycles. The van der Waals surface area contributed by atoms with Gasteiger partial charge in [0.05, 0.1) is 6.10 Å². The van der Waals surface area contributed by atoms with Crippen LogP contribution in [0.2, 0.25) is 0 Å². The average Bonchev–Trinajstić information content (AvgIpc) is 2.91. The molecule has 2 N–H and O–H groups in total. The Morgan fingerprint density at radius 1 is 1.27 bits per heavy atom. The van der Waals surface area contributed by atoms with Crippen LogP contribution in [0.4, 0.5) is 0 Å². The number of nitrogens with zero attached hydrogens (tertiary/aromatic N) is 1. The lowest BCUT2D eigenvalue weighted by Crippen LogP contribution is -2.21. The van der Waals surface area contributed by atoms with Crippen LogP contribution in [0.15, 0.2) is 17.3 Å². The standard InChI is InChI=1S/C20H33NO5/c1-2-3-6-9-15(22)12-13-16-17(19(23)14-18(16)21-26)10-7-4-5-8-11-20(24)25/h4,7,15-18,22H,2-3,5-6,8-14H2,1H3,(H,24,25)/t15-,16+,17+,18?/m0/s1. The van der Waals surface area contributed by atoms with Gasteiger partial charge in [0.1, 0.15) is 11.8 Å². The van der Waals surface area contributed by atoms with Gasteiger partial charge in [-0.25, -0.2) is 0 Å². The van der Waals surface area contributed by atoms with E-state index in [1.54, 1.807) is 0 Å². The third kappa shape index (κ3) is 8.21. The second-order valence-electron chi connectivity index (χ2n) is 7.33. The van der Waals surface area contributed by atoms with Crippen LogP contribution in [0, 0.1) is 16.7 Å². The van der Waals surface area contributed by atoms with Gasteiger partial charge in [-0.2, -0.15) is 4.91 Å². The fourth-order valence-electron chi connectivity index (χ4n) is 3.72. The molecule has 1 rings (SSSR count). The van der Waals surface area contributed by atoms with Crippen LogP contribution in [0.1, 0.15) is 77.6 Å². The van der Waals surface area contributed by atoms with Crippen molar-refractivity contribution in [3.63, 3.8) is 0 Å². The highest BCUT2D eigenvalue weighted by molar-refractivity contribution is 5.84. The van der Waals surface area contributed by atoms with Crippen molar-refractivity contribution < 1.29 is 19.8 Å². The maximum Gasteiger partial charge on any atom is 0.303 e. The molecule has 0 amide bonds. The third-order valence-electron chi connectivity index (χ3n) is 5.26. The summed E-state index contributed by atoms with van der Waals surface area (Å²) in [5.74, 6) is -1.03. The minimum absolute atomic E-state index is 0.0789. The van der Waals surface area contributed by atoms with Crippen LogP contribution in [0.5, 0.6) is 0 Å². The first kappa shape index (κ1) is 22.5. The van der Waals surface area contributed by atoms with E-state index in [4.69, 9.17) is 5.11 Å². The summed E-state index contributed by atoms with van der Waals surface area (Å²) < 4.78 is 0. The number of unbranched alkanes of at least 4 members (excludes halogenated alkanes) is 3. The molecule has 4 atom stereocenters. The zero-order valence-electron chi connectivity index (χ0n) is 15.8. The molecule has 1 aliphatic rings. The monoisotopic (exact) mass is 367 g/mol. The van der Waals surface area contributed by atoms with Gasteiger partial charge in [-0.15, -0.1) is 0 Å². The van der Waals surface area contributed by atoms with Gasteiger partial charge in [-0.3, -0.25) is 9.59 Å². The number of Topliss-reactive ketones (excluding diaryl/α,β-unsaturated/α-hetero) is 1. The molecule has 6 heteroatoms. The predicted molar refractivity (Wildman–Crippen MR) is 101 cm³/mol. The van der Waals surface area contributed by atoms with Crippen LogP contribution in [-0.4, -0.2) is 34.1 Å². The lowest BCUT2D eigenvalue weighted by Gasteiger charge is -2.21. The zero-order valence-corrected chi connectivity index (χ0v) is 15.8. The molecule has 0 aromatic carbocycles. The zero-order chi connectivity index (χ0) is 19.4. The largest absolute Gasteiger partial charge is 0.481 e. The van der Waals surface area contributed by atoms with Gasteiger partial charge in [0.25, 0.3) is 0 Å². The lowest BCUT2D eigenvalue weighted by atomic mass is 9.85. The first-order valence-corrected chi connectivity index (χ1v) is 9.89. The molecule has 0 saturated heterocycles. The number of aliphatic carboxylic acids is 1. The van der Waals surface area contributed by atoms with E-state index in [0.717, 1.165) is 25.7 Å². The molecule has 0 spiro atoms. The summed E-state index contributed by atoms with van der Waals surface area (Å²) in [6.45, 7) is 2.12. The molecule has 6 nitrogen and oxygen atoms in total. The van der Waals surface area contributed by atoms with E-state index >= 15 is 0 Å². The third-order valence-corrected chi connectivity index (χ3v) is 5.26. The number of hydrogen-bond acceptors (Lipinski definition) is 5. The highest BCUT2D eigenvalue weighted by Gasteiger charge is 2.42. The Hall–Kier alpha value is -1.56. The SMILES string of the molecule is CCCCC[C@H](O)CC[C@H]1C(N=O)CC(=O)[C@@H]1CC=CCCCC(=O)O. The van der Waals surface area contributed by atoms with Gasteiger partial charge >= 0.3 is 5.97 Å². The summed E-state index contributed by atoms with van der Waals surface area (Å²) in [5, 5.41) is 21.9. The van der Waals surface area contributed by atoms with E-state index < -0.39 is 12.0 Å². The number of hydrogen-bond donors (Lipinski definition) is 2. The number of rotatable bonds is 14. The minimum Gasteiger partial charge on any atom is -0.481 e. The number of carbonyl (C=O) groups is 2. The maximum atomic E-state index is 12.2. The molecule has 1 aliphatic carbocycles. The van der Waals surface area contributed by atoms with Crippen molar-refractivity contribution in [2.75, 3.05) is 0 Å². The van der Waals surface area contributed by atoms with Gasteiger partial charge in [0, 0.05) is 18.8 Å². The first-order chi connectivity index (χ1) is 12.5. The van der Waals surface area contributed by atoms with Crippen LogP contribution >= 0.6 is 0 Å². The summed E-state index contributed by atoms with van der Waals surface area (Å²) in [6.07, 6.45) is 10.8. The van der Waals surface area contributed by atoms with Gasteiger partial charge in [0.15, 0.2) is 0 Å². The molecular weight excluding hydrogens is 334 g/mol. The van der Waals surface area contributed by atoms with Crippen molar-refractivity contribution in [3.8, 4) is 0 Å². The number of aliphatic hydroxyl groups is 1. The highest BCUT2D eigenvalue weighted by atomic mass is 16.4. The van der Waals surface area contributed by atoms with Crippen molar-refractivity contribution in [3.05, 3.63) is 17.1 Å². The number of carboxylic acid groups (broad SMARTS) is 1. The number of allylic oxidation sites excluding steroid dienone is 2. The second kappa shape index (κ2) is 12.7. The normalized spacial score (nSPS) is 24.2. The molecule has 148 valence electrons. The van der Waals surface area contributed by atoms with E-state index in [1.807, 2.05) is 12.2 Å². The Morgan fingerprint density at radius 2 is 2.04 bits per heavy atom. The summed E-state index contributed by atoms with van der Waals surface area (Å²) in [4.78, 5) is 33.8. The summed E-state index contributed by atoms with van der Waals surface area (Å²) in [6, 6.07) is -0.476. The molecular formula is C20H33NO5. The molecule has 1 unspecified atom stereocenters. The molecule has 26 heavy (non-hydrogen) atoms. The van der Waals surface area contributed by atoms with Gasteiger partial charge < -0.3 is 10.2 Å². The van der Waals surface area contributed by atoms with E-state index in [1.165, 1.54) is 0 Å². The fraction of sp³-hybridized carbons (Fsp3) is 0.800. The molecule has 1 saturated carbocycles. The van der Waals surface area contributed by atoms with Gasteiger partial charge in [-0.1, -0.05) is 43.5 Å². The average molecular weight is 367 g/mol. The van der Waals surface area contributed by atoms with E-state index in [-0.39, 0.29) is 36.6 Å². The van der Waals surface area contributed by atoms with Crippen molar-refractivity contribution in [1.82, 2.24) is 0 Å². The molecule has 0 aromatic heterocycles. The maximum absolute atomic E-state index is 12.2. The Balaban J connectivity index is 2.47. The molecule has 1 fully saturated rings. The number of carbonyl (C=O) groups excluding carboxylic acids is 1. The smallest absolute Gasteiger partial charge is 0.303 e. The quantitative estimate of drug-likeness (QED) is 0.271. The number of aliphatic hydroxyl groups excluding tert-OH is 1. The van der Waals surface area contributed by atoms with Crippen LogP contribution in [0.3, 0.4) is 0 Å². The van der Waals surface area contributed by atoms with Crippen molar-refractivity contribution in [2.45, 2.75) is 89.7 Å². The van der Waals surface area contributed by atoms with E-state index in [9.17, 15) is 19.6 Å². The predicted octanol–water partition coefficient (Wildman–Crippen LogP) is 4.25. The topological polar surface area (TPSA) is 104 Å². The van der Waals surface area contributed by atoms with Crippen LogP contribution in [0.25, 0.3) is 0 Å². The lowest BCUT2D eigenvalue weighted by molar-refractivity contribution is -0.137. The number of carboxylic acids is 1. The van der Waals surface area contributed by atoms with Crippen LogP contribution < -0.4 is 0 Å². The fourth-order valence-corrected chi connectivity index (χ4v) is 3.72. The van der Waals surface area contributed by atoms with Gasteiger partial charge in [0.2, 0.25) is 0 Å². The van der Waals surface area contributed by atoms with Crippen LogP contribution in [-0.2, 0) is 9.59 Å². The Kier molecular flexibility index (Phi) is 11.0. The summed E-state index contributed by atoms with van der Waals surface area (Å²) >= 11 is 0. The number of nitroso groups, excluding NO2 is 1. The van der Waals surface area contributed by atoms with Gasteiger partial charge in [-0.05, 0) is 44.4 Å². The van der Waals surface area contributed by atoms with E-state index in [0.29, 0.717) is 32.1 Å². The Bertz CT molecular complexity index is 477. The Labute approximate surface area is 156 Å². The molecule has 0 heterocycles. The summed E-state index contributed by atoms with van der Waals surface area (Å²) in [7, 11) is 0. The van der Waals surface area contributed by atoms with Crippen molar-refractivity contribution in [2.24, 2.45) is 17.0 Å².